The molecule has 3 aromatic rings. The average Bonchev–Trinajstić information content (AvgIpc) is 3.49. The summed E-state index contributed by atoms with van der Waals surface area (Å²) in [7, 11) is 3.45. The number of nitrogens with zero attached hydrogens (tertiary/aromatic N) is 3. The van der Waals surface area contributed by atoms with Crippen molar-refractivity contribution in [2.45, 2.75) is 18.9 Å². The summed E-state index contributed by atoms with van der Waals surface area (Å²) in [6.45, 7) is 0.498. The van der Waals surface area contributed by atoms with E-state index in [1.54, 1.807) is 48.7 Å². The number of ether oxygens (including phenoxy) is 1. The fourth-order valence-electron chi connectivity index (χ4n) is 3.94. The number of hydrogen-bond donors (Lipinski definition) is 2. The van der Waals surface area contributed by atoms with E-state index in [0.717, 1.165) is 17.7 Å². The molecule has 0 radical (unpaired) electrons. The smallest absolute Gasteiger partial charge is 0.251 e. The van der Waals surface area contributed by atoms with Crippen molar-refractivity contribution in [1.82, 2.24) is 20.2 Å². The average molecular weight is 462 g/mol. The fraction of sp³-hybridized carbons (Fsp3) is 0.280. The van der Waals surface area contributed by atoms with Crippen LogP contribution in [0, 0.1) is 0 Å². The molecule has 1 atom stereocenters. The van der Waals surface area contributed by atoms with Crippen LogP contribution >= 0.6 is 0 Å². The van der Waals surface area contributed by atoms with Gasteiger partial charge in [-0.05, 0) is 48.4 Å². The number of anilines is 1. The van der Waals surface area contributed by atoms with Crippen LogP contribution in [0.3, 0.4) is 0 Å². The minimum Gasteiger partial charge on any atom is -0.497 e. The lowest BCUT2D eigenvalue weighted by atomic mass is 10.1. The summed E-state index contributed by atoms with van der Waals surface area (Å²) in [5, 5.41) is 5.60. The number of hydrogen-bond acceptors (Lipinski definition) is 5. The van der Waals surface area contributed by atoms with Crippen LogP contribution in [0.15, 0.2) is 60.9 Å². The number of nitrogens with one attached hydrogen (secondary N) is 2. The van der Waals surface area contributed by atoms with E-state index in [1.165, 1.54) is 0 Å². The normalized spacial score (nSPS) is 14.1. The molecule has 2 aromatic carbocycles. The van der Waals surface area contributed by atoms with E-state index in [0.29, 0.717) is 30.1 Å². The Balaban J connectivity index is 1.39. The largest absolute Gasteiger partial charge is 0.497 e. The molecule has 9 nitrogen and oxygen atoms in total. The van der Waals surface area contributed by atoms with E-state index in [1.807, 2.05) is 35.9 Å². The number of carbonyl (C=O) groups is 3. The molecule has 1 aliphatic heterocycles. The van der Waals surface area contributed by atoms with Gasteiger partial charge in [0.2, 0.25) is 11.8 Å². The van der Waals surface area contributed by atoms with Gasteiger partial charge in [0.1, 0.15) is 17.6 Å². The van der Waals surface area contributed by atoms with Crippen molar-refractivity contribution in [2.75, 3.05) is 25.1 Å². The quantitative estimate of drug-likeness (QED) is 0.535. The van der Waals surface area contributed by atoms with Gasteiger partial charge in [-0.2, -0.15) is 0 Å². The molecule has 0 unspecified atom stereocenters. The lowest BCUT2D eigenvalue weighted by Crippen LogP contribution is -2.39. The summed E-state index contributed by atoms with van der Waals surface area (Å²) in [6, 6.07) is 13.7. The Bertz CT molecular complexity index is 1170. The molecule has 2 heterocycles. The van der Waals surface area contributed by atoms with Gasteiger partial charge in [0.15, 0.2) is 0 Å². The number of methoxy groups -OCH3 is 1. The molecule has 0 bridgehead atoms. The van der Waals surface area contributed by atoms with Crippen molar-refractivity contribution in [2.24, 2.45) is 7.05 Å². The Kier molecular flexibility index (Phi) is 6.91. The van der Waals surface area contributed by atoms with E-state index < -0.39 is 6.04 Å². The summed E-state index contributed by atoms with van der Waals surface area (Å²) >= 11 is 0. The van der Waals surface area contributed by atoms with Crippen LogP contribution in [0.2, 0.25) is 0 Å². The number of aryl methyl sites for hydroxylation is 1. The number of carbonyl (C=O) groups excluding carboxylic acids is 3. The third kappa shape index (κ3) is 5.09. The van der Waals surface area contributed by atoms with Crippen LogP contribution in [0.4, 0.5) is 5.69 Å². The number of aromatic nitrogens is 2. The first-order valence-electron chi connectivity index (χ1n) is 11.1. The molecule has 1 fully saturated rings. The highest BCUT2D eigenvalue weighted by atomic mass is 16.5. The third-order valence-corrected chi connectivity index (χ3v) is 5.80. The van der Waals surface area contributed by atoms with Crippen molar-refractivity contribution in [3.05, 3.63) is 77.9 Å². The lowest BCUT2D eigenvalue weighted by molar-refractivity contribution is -0.120. The predicted molar refractivity (Wildman–Crippen MR) is 127 cm³/mol. The molecule has 9 heteroatoms. The van der Waals surface area contributed by atoms with Gasteiger partial charge >= 0.3 is 0 Å². The molecule has 0 spiro atoms. The summed E-state index contributed by atoms with van der Waals surface area (Å²) in [5.74, 6) is 0.745. The standard InChI is InChI=1S/C25H27N5O4/c1-29-15-13-26-24(29)23(17-7-11-20(34-2)12-8-17)28-21(31)16-27-25(33)18-5-9-19(10-6-18)30-14-3-4-22(30)32/h5-13,15,23H,3-4,14,16H2,1-2H3,(H,27,33)(H,28,31)/t23-/m1/s1. The first kappa shape index (κ1) is 23.0. The highest BCUT2D eigenvalue weighted by Crippen LogP contribution is 2.23. The van der Waals surface area contributed by atoms with E-state index in [9.17, 15) is 14.4 Å². The maximum absolute atomic E-state index is 12.7. The fourth-order valence-corrected chi connectivity index (χ4v) is 3.94. The number of benzene rings is 2. The first-order valence-corrected chi connectivity index (χ1v) is 11.1. The molecular weight excluding hydrogens is 434 g/mol. The van der Waals surface area contributed by atoms with Crippen molar-refractivity contribution < 1.29 is 19.1 Å². The van der Waals surface area contributed by atoms with Crippen LogP contribution in [0.5, 0.6) is 5.75 Å². The Morgan fingerprint density at radius 2 is 1.85 bits per heavy atom. The van der Waals surface area contributed by atoms with Gasteiger partial charge in [0.25, 0.3) is 5.91 Å². The highest BCUT2D eigenvalue weighted by Gasteiger charge is 2.23. The summed E-state index contributed by atoms with van der Waals surface area (Å²) < 4.78 is 7.05. The van der Waals surface area contributed by atoms with Gasteiger partial charge in [-0.3, -0.25) is 14.4 Å². The second-order valence-electron chi connectivity index (χ2n) is 8.05. The third-order valence-electron chi connectivity index (χ3n) is 5.80. The zero-order valence-corrected chi connectivity index (χ0v) is 19.2. The molecule has 3 amide bonds. The second kappa shape index (κ2) is 10.2. The minimum atomic E-state index is -0.493. The first-order chi connectivity index (χ1) is 16.5. The SMILES string of the molecule is COc1ccc([C@@H](NC(=O)CNC(=O)c2ccc(N3CCCC3=O)cc2)c2nccn2C)cc1. The van der Waals surface area contributed by atoms with E-state index in [-0.39, 0.29) is 24.3 Å². The maximum Gasteiger partial charge on any atom is 0.251 e. The molecule has 4 rings (SSSR count). The maximum atomic E-state index is 12.7. The van der Waals surface area contributed by atoms with Crippen LogP contribution in [-0.4, -0.2) is 47.5 Å². The van der Waals surface area contributed by atoms with Gasteiger partial charge in [-0.1, -0.05) is 12.1 Å². The molecule has 1 aromatic heterocycles. The Labute approximate surface area is 197 Å². The Hall–Kier alpha value is -4.14. The van der Waals surface area contributed by atoms with Crippen LogP contribution in [0.1, 0.15) is 40.6 Å². The molecular formula is C25H27N5O4. The summed E-state index contributed by atoms with van der Waals surface area (Å²) in [6.07, 6.45) is 4.86. The molecule has 34 heavy (non-hydrogen) atoms. The zero-order valence-electron chi connectivity index (χ0n) is 19.2. The summed E-state index contributed by atoms with van der Waals surface area (Å²) in [5.41, 5.74) is 2.02. The molecule has 2 N–H and O–H groups in total. The van der Waals surface area contributed by atoms with Crippen molar-refractivity contribution in [3.63, 3.8) is 0 Å². The second-order valence-corrected chi connectivity index (χ2v) is 8.05. The zero-order chi connectivity index (χ0) is 24.1. The minimum absolute atomic E-state index is 0.0907. The van der Waals surface area contributed by atoms with Gasteiger partial charge in [-0.25, -0.2) is 4.98 Å². The monoisotopic (exact) mass is 461 g/mol. The van der Waals surface area contributed by atoms with Crippen molar-refractivity contribution >= 4 is 23.4 Å². The van der Waals surface area contributed by atoms with Gasteiger partial charge in [-0.15, -0.1) is 0 Å². The molecule has 1 saturated heterocycles. The van der Waals surface area contributed by atoms with Crippen molar-refractivity contribution in [3.8, 4) is 5.75 Å². The molecule has 1 aliphatic rings. The van der Waals surface area contributed by atoms with E-state index in [4.69, 9.17) is 4.74 Å². The number of amides is 3. The van der Waals surface area contributed by atoms with Gasteiger partial charge in [0.05, 0.1) is 13.7 Å². The lowest BCUT2D eigenvalue weighted by Gasteiger charge is -2.20. The Morgan fingerprint density at radius 1 is 1.12 bits per heavy atom. The molecule has 0 aliphatic carbocycles. The van der Waals surface area contributed by atoms with Crippen molar-refractivity contribution in [1.29, 1.82) is 0 Å². The van der Waals surface area contributed by atoms with Crippen LogP contribution in [-0.2, 0) is 16.6 Å². The topological polar surface area (TPSA) is 106 Å². The highest BCUT2D eigenvalue weighted by molar-refractivity contribution is 5.98. The number of imidazole rings is 1. The van der Waals surface area contributed by atoms with Gasteiger partial charge in [0, 0.05) is 43.7 Å². The predicted octanol–water partition coefficient (Wildman–Crippen LogP) is 2.19. The Morgan fingerprint density at radius 3 is 2.44 bits per heavy atom. The molecule has 176 valence electrons. The van der Waals surface area contributed by atoms with Crippen LogP contribution in [0.25, 0.3) is 0 Å². The summed E-state index contributed by atoms with van der Waals surface area (Å²) in [4.78, 5) is 43.3. The molecule has 0 saturated carbocycles. The number of rotatable bonds is 8. The van der Waals surface area contributed by atoms with Crippen LogP contribution < -0.4 is 20.3 Å². The van der Waals surface area contributed by atoms with E-state index in [2.05, 4.69) is 15.6 Å². The van der Waals surface area contributed by atoms with Gasteiger partial charge < -0.3 is 24.8 Å². The van der Waals surface area contributed by atoms with E-state index >= 15 is 0 Å².